The van der Waals surface area contributed by atoms with E-state index in [9.17, 15) is 9.59 Å². The van der Waals surface area contributed by atoms with Crippen LogP contribution in [0.1, 0.15) is 0 Å². The van der Waals surface area contributed by atoms with Gasteiger partial charge in [0.15, 0.2) is 5.76 Å². The van der Waals surface area contributed by atoms with Crippen molar-refractivity contribution < 1.29 is 14.7 Å². The third-order valence-corrected chi connectivity index (χ3v) is 2.98. The summed E-state index contributed by atoms with van der Waals surface area (Å²) in [5, 5.41) is 8.45. The number of Topliss-reactive ketones (excluding diaryl/α,β-unsaturated/α-hetero) is 2. The Bertz CT molecular complexity index is 255. The van der Waals surface area contributed by atoms with Gasteiger partial charge in [0.1, 0.15) is 5.03 Å². The van der Waals surface area contributed by atoms with Crippen molar-refractivity contribution in [2.24, 2.45) is 0 Å². The van der Waals surface area contributed by atoms with Gasteiger partial charge in [-0.2, -0.15) is 0 Å². The van der Waals surface area contributed by atoms with Gasteiger partial charge in [0.05, 0.1) is 0 Å². The number of halogens is 3. The Labute approximate surface area is 83.7 Å². The van der Waals surface area contributed by atoms with Crippen LogP contribution in [0.25, 0.3) is 0 Å². The lowest BCUT2D eigenvalue weighted by atomic mass is 10.3. The maximum Gasteiger partial charge on any atom is 0.234 e. The van der Waals surface area contributed by atoms with Crippen molar-refractivity contribution in [2.45, 2.75) is 3.23 Å². The Hall–Kier alpha value is 0.130. The summed E-state index contributed by atoms with van der Waals surface area (Å²) in [5.41, 5.74) is 0. The van der Waals surface area contributed by atoms with Gasteiger partial charge in [-0.25, -0.2) is 0 Å². The topological polar surface area (TPSA) is 54.4 Å². The van der Waals surface area contributed by atoms with Gasteiger partial charge in [0.2, 0.25) is 14.8 Å². The summed E-state index contributed by atoms with van der Waals surface area (Å²) in [7, 11) is 0. The lowest BCUT2D eigenvalue weighted by Gasteiger charge is -2.06. The van der Waals surface area contributed by atoms with Crippen molar-refractivity contribution in [1.82, 2.24) is 0 Å². The molecular weight excluding hydrogens is 303 g/mol. The number of ketones is 2. The molecule has 0 fully saturated rings. The van der Waals surface area contributed by atoms with Crippen LogP contribution in [0.15, 0.2) is 10.8 Å². The zero-order chi connectivity index (χ0) is 8.81. The number of carbonyl (C=O) groups is 2. The van der Waals surface area contributed by atoms with Crippen molar-refractivity contribution in [3.63, 3.8) is 0 Å². The molecule has 1 aliphatic carbocycles. The van der Waals surface area contributed by atoms with Gasteiger partial charge in [-0.1, -0.05) is 43.5 Å². The van der Waals surface area contributed by atoms with Gasteiger partial charge >= 0.3 is 0 Å². The van der Waals surface area contributed by atoms with E-state index < -0.39 is 25.6 Å². The molecular formula is C5HBr2ClO3. The average Bonchev–Trinajstić information content (AvgIpc) is 2.06. The number of allylic oxidation sites excluding steroid dienone is 2. The van der Waals surface area contributed by atoms with E-state index in [4.69, 9.17) is 16.7 Å². The summed E-state index contributed by atoms with van der Waals surface area (Å²) in [6.07, 6.45) is 0. The fourth-order valence-electron chi connectivity index (χ4n) is 0.597. The predicted octanol–water partition coefficient (Wildman–Crippen LogP) is 1.63. The van der Waals surface area contributed by atoms with Crippen molar-refractivity contribution in [2.75, 3.05) is 0 Å². The second kappa shape index (κ2) is 2.57. The summed E-state index contributed by atoms with van der Waals surface area (Å²) in [4.78, 5) is 21.9. The Balaban J connectivity index is 3.24. The van der Waals surface area contributed by atoms with Crippen molar-refractivity contribution in [3.8, 4) is 0 Å². The molecule has 0 aliphatic heterocycles. The Morgan fingerprint density at radius 2 is 1.73 bits per heavy atom. The first-order valence-electron chi connectivity index (χ1n) is 2.45. The molecule has 0 aromatic rings. The van der Waals surface area contributed by atoms with Gasteiger partial charge in [0.25, 0.3) is 0 Å². The van der Waals surface area contributed by atoms with Gasteiger partial charge in [-0.05, 0) is 0 Å². The lowest BCUT2D eigenvalue weighted by Crippen LogP contribution is -2.28. The first-order valence-corrected chi connectivity index (χ1v) is 4.41. The second-order valence-corrected chi connectivity index (χ2v) is 5.72. The normalized spacial score (nSPS) is 23.2. The predicted molar refractivity (Wildman–Crippen MR) is 46.1 cm³/mol. The SMILES string of the molecule is O=C1C(O)=C(Cl)C(=O)C1(Br)Br. The van der Waals surface area contributed by atoms with Gasteiger partial charge < -0.3 is 5.11 Å². The third-order valence-electron chi connectivity index (χ3n) is 1.19. The van der Waals surface area contributed by atoms with E-state index in [1.165, 1.54) is 0 Å². The maximum absolute atomic E-state index is 11.0. The molecule has 0 amide bonds. The smallest absolute Gasteiger partial charge is 0.234 e. The summed E-state index contributed by atoms with van der Waals surface area (Å²) in [6.45, 7) is 0. The molecule has 1 N–H and O–H groups in total. The van der Waals surface area contributed by atoms with Crippen LogP contribution in [0, 0.1) is 0 Å². The monoisotopic (exact) mass is 302 g/mol. The van der Waals surface area contributed by atoms with Gasteiger partial charge in [-0.3, -0.25) is 9.59 Å². The van der Waals surface area contributed by atoms with Crippen LogP contribution in [0.2, 0.25) is 0 Å². The molecule has 0 saturated heterocycles. The number of hydrogen-bond acceptors (Lipinski definition) is 3. The van der Waals surface area contributed by atoms with Crippen LogP contribution in [0.5, 0.6) is 0 Å². The molecule has 0 saturated carbocycles. The molecule has 1 aliphatic rings. The van der Waals surface area contributed by atoms with Crippen molar-refractivity contribution in [1.29, 1.82) is 0 Å². The largest absolute Gasteiger partial charge is 0.503 e. The molecule has 1 rings (SSSR count). The fraction of sp³-hybridized carbons (Fsp3) is 0.200. The minimum absolute atomic E-state index is 0.441. The van der Waals surface area contributed by atoms with E-state index in [1.54, 1.807) is 0 Å². The molecule has 60 valence electrons. The van der Waals surface area contributed by atoms with E-state index in [2.05, 4.69) is 31.9 Å². The van der Waals surface area contributed by atoms with Crippen LogP contribution in [-0.2, 0) is 9.59 Å². The summed E-state index contributed by atoms with van der Waals surface area (Å²) in [6, 6.07) is 0. The standard InChI is InChI=1S/C5HBr2ClO3/c6-5(7)3(10)1(8)2(9)4(5)11/h9H. The zero-order valence-electron chi connectivity index (χ0n) is 4.90. The van der Waals surface area contributed by atoms with Gasteiger partial charge in [0, 0.05) is 0 Å². The van der Waals surface area contributed by atoms with Crippen LogP contribution < -0.4 is 0 Å². The van der Waals surface area contributed by atoms with Crippen LogP contribution in [0.3, 0.4) is 0 Å². The highest BCUT2D eigenvalue weighted by Gasteiger charge is 2.51. The highest BCUT2D eigenvalue weighted by molar-refractivity contribution is 9.26. The van der Waals surface area contributed by atoms with E-state index in [1.807, 2.05) is 0 Å². The first kappa shape index (κ1) is 9.22. The fourth-order valence-corrected chi connectivity index (χ4v) is 1.82. The number of aliphatic hydroxyl groups is 1. The van der Waals surface area contributed by atoms with Crippen LogP contribution in [0.4, 0.5) is 0 Å². The quantitative estimate of drug-likeness (QED) is 0.547. The van der Waals surface area contributed by atoms with E-state index in [0.29, 0.717) is 0 Å². The highest BCUT2D eigenvalue weighted by Crippen LogP contribution is 2.40. The first-order chi connectivity index (χ1) is 4.89. The number of carbonyl (C=O) groups excluding carboxylic acids is 2. The highest BCUT2D eigenvalue weighted by atomic mass is 79.9. The van der Waals surface area contributed by atoms with E-state index in [0.717, 1.165) is 0 Å². The number of aliphatic hydroxyl groups excluding tert-OH is 1. The average molecular weight is 304 g/mol. The van der Waals surface area contributed by atoms with Gasteiger partial charge in [-0.15, -0.1) is 0 Å². The molecule has 0 heterocycles. The van der Waals surface area contributed by atoms with Crippen molar-refractivity contribution in [3.05, 3.63) is 10.8 Å². The third kappa shape index (κ3) is 1.15. The molecule has 0 atom stereocenters. The Morgan fingerprint density at radius 1 is 1.27 bits per heavy atom. The van der Waals surface area contributed by atoms with Crippen LogP contribution >= 0.6 is 43.5 Å². The summed E-state index contributed by atoms with van der Waals surface area (Å²) < 4.78 is -1.55. The number of rotatable bonds is 0. The second-order valence-electron chi connectivity index (χ2n) is 1.90. The Kier molecular flexibility index (Phi) is 2.15. The van der Waals surface area contributed by atoms with Crippen molar-refractivity contribution >= 4 is 55.0 Å². The molecule has 0 aromatic heterocycles. The molecule has 0 bridgehead atoms. The maximum atomic E-state index is 11.0. The number of alkyl halides is 2. The lowest BCUT2D eigenvalue weighted by molar-refractivity contribution is -0.121. The zero-order valence-corrected chi connectivity index (χ0v) is 8.83. The molecule has 6 heteroatoms. The summed E-state index contributed by atoms with van der Waals surface area (Å²) >= 11 is 10.9. The molecule has 3 nitrogen and oxygen atoms in total. The number of hydrogen-bond donors (Lipinski definition) is 1. The molecule has 0 unspecified atom stereocenters. The molecule has 0 radical (unpaired) electrons. The molecule has 11 heavy (non-hydrogen) atoms. The van der Waals surface area contributed by atoms with E-state index in [-0.39, 0.29) is 0 Å². The Morgan fingerprint density at radius 3 is 1.82 bits per heavy atom. The van der Waals surface area contributed by atoms with E-state index >= 15 is 0 Å². The van der Waals surface area contributed by atoms with Crippen LogP contribution in [-0.4, -0.2) is 19.9 Å². The minimum atomic E-state index is -1.55. The minimum Gasteiger partial charge on any atom is -0.503 e. The summed E-state index contributed by atoms with van der Waals surface area (Å²) in [5.74, 6) is -2.15. The molecule has 0 spiro atoms. The molecule has 0 aromatic carbocycles.